The Bertz CT molecular complexity index is 695. The standard InChI is InChI=1S/C20H30N4O3/c1-3-9-23-17(26)16-20(22-13-21-16,24(10-4-2)18(23)27)19-7-5-14(6-8-19)11-15(19)12-25/h13-15,25H,3-12H2,1-2H3. The van der Waals surface area contributed by atoms with Crippen molar-refractivity contribution in [2.45, 2.75) is 64.5 Å². The number of aliphatic hydroxyl groups is 1. The van der Waals surface area contributed by atoms with Crippen molar-refractivity contribution in [1.82, 2.24) is 9.80 Å². The molecule has 3 saturated carbocycles. The van der Waals surface area contributed by atoms with E-state index in [2.05, 4.69) is 4.99 Å². The van der Waals surface area contributed by atoms with E-state index in [0.717, 1.165) is 38.5 Å². The van der Waals surface area contributed by atoms with E-state index < -0.39 is 11.1 Å². The van der Waals surface area contributed by atoms with Crippen LogP contribution in [0.3, 0.4) is 0 Å². The number of nitrogens with zero attached hydrogens (tertiary/aromatic N) is 4. The molecule has 0 radical (unpaired) electrons. The number of hydrogen-bond donors (Lipinski definition) is 1. The third-order valence-corrected chi connectivity index (χ3v) is 7.27. The van der Waals surface area contributed by atoms with Crippen LogP contribution < -0.4 is 0 Å². The number of hydrogen-bond acceptors (Lipinski definition) is 5. The van der Waals surface area contributed by atoms with Crippen molar-refractivity contribution in [3.63, 3.8) is 0 Å². The van der Waals surface area contributed by atoms with Gasteiger partial charge in [0, 0.05) is 25.1 Å². The zero-order valence-electron chi connectivity index (χ0n) is 16.4. The molecule has 0 aromatic heterocycles. The van der Waals surface area contributed by atoms with Gasteiger partial charge < -0.3 is 5.11 Å². The Morgan fingerprint density at radius 3 is 2.52 bits per heavy atom. The Morgan fingerprint density at radius 1 is 1.19 bits per heavy atom. The fourth-order valence-corrected chi connectivity index (χ4v) is 6.10. The van der Waals surface area contributed by atoms with Gasteiger partial charge in [-0.05, 0) is 56.8 Å². The zero-order chi connectivity index (χ0) is 19.2. The molecule has 2 heterocycles. The van der Waals surface area contributed by atoms with Crippen LogP contribution in [-0.4, -0.2) is 64.3 Å². The molecule has 5 aliphatic rings. The SMILES string of the molecule is CCCN1C(=O)C2=NC=NC2(C23CCC(CC2)CC3CO)N(CCC)C1=O. The Labute approximate surface area is 160 Å². The predicted molar refractivity (Wildman–Crippen MR) is 103 cm³/mol. The molecule has 5 rings (SSSR count). The lowest BCUT2D eigenvalue weighted by atomic mass is 9.49. The molecule has 7 heteroatoms. The highest BCUT2D eigenvalue weighted by molar-refractivity contribution is 6.48. The fourth-order valence-electron chi connectivity index (χ4n) is 6.10. The molecule has 148 valence electrons. The molecule has 3 aliphatic carbocycles. The molecule has 27 heavy (non-hydrogen) atoms. The average Bonchev–Trinajstić information content (AvgIpc) is 3.16. The Morgan fingerprint density at radius 2 is 1.89 bits per heavy atom. The number of rotatable bonds is 6. The highest BCUT2D eigenvalue weighted by Gasteiger charge is 2.69. The van der Waals surface area contributed by atoms with Crippen molar-refractivity contribution < 1.29 is 14.7 Å². The molecular weight excluding hydrogens is 344 g/mol. The largest absolute Gasteiger partial charge is 0.396 e. The van der Waals surface area contributed by atoms with E-state index in [1.807, 2.05) is 13.8 Å². The van der Waals surface area contributed by atoms with Gasteiger partial charge in [0.15, 0.2) is 11.4 Å². The summed E-state index contributed by atoms with van der Waals surface area (Å²) in [5.74, 6) is 0.381. The number of carbonyl (C=O) groups is 2. The van der Waals surface area contributed by atoms with Gasteiger partial charge >= 0.3 is 6.03 Å². The van der Waals surface area contributed by atoms with Gasteiger partial charge in [-0.1, -0.05) is 13.8 Å². The van der Waals surface area contributed by atoms with Gasteiger partial charge in [0.2, 0.25) is 0 Å². The van der Waals surface area contributed by atoms with Gasteiger partial charge in [-0.25, -0.2) is 14.8 Å². The first-order valence-corrected chi connectivity index (χ1v) is 10.4. The smallest absolute Gasteiger partial charge is 0.329 e. The number of carbonyl (C=O) groups excluding carboxylic acids is 2. The molecule has 0 aromatic carbocycles. The van der Waals surface area contributed by atoms with Crippen molar-refractivity contribution in [1.29, 1.82) is 0 Å². The maximum absolute atomic E-state index is 13.4. The van der Waals surface area contributed by atoms with Crippen molar-refractivity contribution in [2.75, 3.05) is 19.7 Å². The van der Waals surface area contributed by atoms with Crippen LogP contribution in [0.5, 0.6) is 0 Å². The van der Waals surface area contributed by atoms with Crippen LogP contribution in [0.15, 0.2) is 9.98 Å². The quantitative estimate of drug-likeness (QED) is 0.775. The van der Waals surface area contributed by atoms with E-state index in [9.17, 15) is 14.7 Å². The van der Waals surface area contributed by atoms with Gasteiger partial charge in [-0.2, -0.15) is 0 Å². The first-order chi connectivity index (χ1) is 13.1. The molecule has 0 spiro atoms. The van der Waals surface area contributed by atoms with Crippen LogP contribution in [0.4, 0.5) is 4.79 Å². The predicted octanol–water partition coefficient (Wildman–Crippen LogP) is 2.44. The van der Waals surface area contributed by atoms with Gasteiger partial charge in [-0.15, -0.1) is 0 Å². The van der Waals surface area contributed by atoms with Gasteiger partial charge in [-0.3, -0.25) is 14.6 Å². The van der Waals surface area contributed by atoms with Crippen LogP contribution in [0.1, 0.15) is 58.8 Å². The molecule has 4 fully saturated rings. The summed E-state index contributed by atoms with van der Waals surface area (Å²) in [6.45, 7) is 5.00. The summed E-state index contributed by atoms with van der Waals surface area (Å²) in [5, 5.41) is 10.2. The fraction of sp³-hybridized carbons (Fsp3) is 0.800. The highest BCUT2D eigenvalue weighted by Crippen LogP contribution is 2.62. The van der Waals surface area contributed by atoms with Gasteiger partial charge in [0.05, 0.1) is 0 Å². The lowest BCUT2D eigenvalue weighted by Crippen LogP contribution is -2.76. The molecule has 2 bridgehead atoms. The van der Waals surface area contributed by atoms with Crippen molar-refractivity contribution in [2.24, 2.45) is 27.2 Å². The van der Waals surface area contributed by atoms with Crippen molar-refractivity contribution >= 4 is 24.0 Å². The molecule has 0 aromatic rings. The summed E-state index contributed by atoms with van der Waals surface area (Å²) in [6.07, 6.45) is 7.83. The summed E-state index contributed by atoms with van der Waals surface area (Å²) in [4.78, 5) is 39.0. The minimum atomic E-state index is -1.04. The lowest BCUT2D eigenvalue weighted by molar-refractivity contribution is -0.134. The molecule has 1 saturated heterocycles. The van der Waals surface area contributed by atoms with E-state index in [1.54, 1.807) is 4.90 Å². The minimum absolute atomic E-state index is 0.0446. The first kappa shape index (κ1) is 18.6. The number of imide groups is 1. The Hall–Kier alpha value is -1.76. The third kappa shape index (κ3) is 2.30. The molecule has 2 aliphatic heterocycles. The summed E-state index contributed by atoms with van der Waals surface area (Å²) < 4.78 is 0. The number of fused-ring (bicyclic) bond motifs is 4. The molecule has 1 N–H and O–H groups in total. The lowest BCUT2D eigenvalue weighted by Gasteiger charge is -2.62. The van der Waals surface area contributed by atoms with Crippen LogP contribution in [0.2, 0.25) is 0 Å². The first-order valence-electron chi connectivity index (χ1n) is 10.4. The highest BCUT2D eigenvalue weighted by atomic mass is 16.3. The monoisotopic (exact) mass is 374 g/mol. The number of amides is 3. The van der Waals surface area contributed by atoms with E-state index in [4.69, 9.17) is 4.99 Å². The molecule has 2 unspecified atom stereocenters. The van der Waals surface area contributed by atoms with Crippen LogP contribution >= 0.6 is 0 Å². The average molecular weight is 374 g/mol. The number of aliphatic imine (C=N–C) groups is 2. The van der Waals surface area contributed by atoms with Gasteiger partial charge in [0.1, 0.15) is 6.34 Å². The molecule has 2 atom stereocenters. The second kappa shape index (κ2) is 6.69. The summed E-state index contributed by atoms with van der Waals surface area (Å²) in [5.41, 5.74) is -1.05. The Kier molecular flexibility index (Phi) is 4.61. The minimum Gasteiger partial charge on any atom is -0.396 e. The van der Waals surface area contributed by atoms with Crippen LogP contribution in [-0.2, 0) is 4.79 Å². The molecular formula is C20H30N4O3. The van der Waals surface area contributed by atoms with E-state index >= 15 is 0 Å². The number of aliphatic hydroxyl groups excluding tert-OH is 1. The van der Waals surface area contributed by atoms with Crippen molar-refractivity contribution in [3.8, 4) is 0 Å². The van der Waals surface area contributed by atoms with Crippen LogP contribution in [0, 0.1) is 17.3 Å². The van der Waals surface area contributed by atoms with Crippen LogP contribution in [0.25, 0.3) is 0 Å². The number of urea groups is 1. The zero-order valence-corrected chi connectivity index (χ0v) is 16.4. The van der Waals surface area contributed by atoms with E-state index in [1.165, 1.54) is 11.2 Å². The Balaban J connectivity index is 1.87. The maximum Gasteiger partial charge on any atom is 0.329 e. The topological polar surface area (TPSA) is 85.6 Å². The van der Waals surface area contributed by atoms with Gasteiger partial charge in [0.25, 0.3) is 5.91 Å². The maximum atomic E-state index is 13.4. The third-order valence-electron chi connectivity index (χ3n) is 7.27. The second-order valence-electron chi connectivity index (χ2n) is 8.50. The molecule has 3 amide bonds. The normalized spacial score (nSPS) is 37.8. The van der Waals surface area contributed by atoms with Crippen molar-refractivity contribution in [3.05, 3.63) is 0 Å². The molecule has 7 nitrogen and oxygen atoms in total. The van der Waals surface area contributed by atoms with E-state index in [-0.39, 0.29) is 24.5 Å². The van der Waals surface area contributed by atoms with E-state index in [0.29, 0.717) is 31.1 Å². The summed E-state index contributed by atoms with van der Waals surface area (Å²) >= 11 is 0. The summed E-state index contributed by atoms with van der Waals surface area (Å²) in [7, 11) is 0. The second-order valence-corrected chi connectivity index (χ2v) is 8.50. The summed E-state index contributed by atoms with van der Waals surface area (Å²) in [6, 6.07) is -0.250.